The van der Waals surface area contributed by atoms with Crippen molar-refractivity contribution in [1.29, 1.82) is 0 Å². The van der Waals surface area contributed by atoms with E-state index in [9.17, 15) is 24.6 Å². The third-order valence-electron chi connectivity index (χ3n) is 23.8. The first-order valence-corrected chi connectivity index (χ1v) is 40.3. The molecule has 17 rings (SSSR count). The molecule has 0 saturated carbocycles. The topological polar surface area (TPSA) is 323 Å². The van der Waals surface area contributed by atoms with Crippen LogP contribution in [-0.2, 0) is 74.1 Å². The number of piperidine rings is 3. The monoisotopic (exact) mass is 1650 g/mol. The standard InChI is InChI=1S/C31H39IN6O5.C30H40N6O4.C21H25N5O.K.H/c1-19(39)42-18-22-27(35-28-24(33-22)26(32)36-38(28)23-11-7-8-16-41-23)37-14-12-31(13-15-37)17-20-9-5-6-10-21(20)25(31)34-29(40)43-30(2,3)4;1-19-24-27(36(34-19)23-11-7-8-16-39-23)33-26(22(18-37)31-24)35-14-12-30(13-15-35)17-20-9-5-6-10-21(20)25(30)32-28(38)40-29(2,3)4;1-13-18-16(11-23-13)25-20(17(12-27)24-18)26-8-6-21(7-9-26)10-14-4-2-3-5-15(14)19(21)22;;/h5-6,9-10,23,25H,7-8,11-18H2,1-4H3,(H,34,40);5-6,9-10,23,25,37H,7-8,11-18H2,1-4H3,(H,32,38);2-5,19,27H,6-12,22H2,1H3;;/q;;;+1;-1/t2*23?,25-;19-;;/m111../s1. The van der Waals surface area contributed by atoms with Gasteiger partial charge in [0.1, 0.15) is 51.6 Å². The molecule has 8 aromatic rings. The number of esters is 1. The van der Waals surface area contributed by atoms with Crippen molar-refractivity contribution >= 4 is 86.2 Å². The number of hydrogen-bond acceptors (Lipinski definition) is 23. The van der Waals surface area contributed by atoms with Crippen molar-refractivity contribution in [3.8, 4) is 0 Å². The van der Waals surface area contributed by atoms with Crippen molar-refractivity contribution in [3.63, 3.8) is 0 Å². The van der Waals surface area contributed by atoms with Crippen LogP contribution in [-0.4, -0.2) is 147 Å². The maximum Gasteiger partial charge on any atom is 1.00 e. The van der Waals surface area contributed by atoms with E-state index in [-0.39, 0.29) is 132 Å². The zero-order valence-electron chi connectivity index (χ0n) is 66.8. The van der Waals surface area contributed by atoms with Crippen molar-refractivity contribution in [2.45, 2.75) is 227 Å². The SMILES string of the molecule is CC(=O)OCc1nc2c(I)nn(C3CCCCO3)c2nc1N1CCC2(CC1)Cc1ccccc1[C@H]2NC(=O)OC(C)(C)C.CC1=NCc2nc(N3CCC4(CC3)Cc3ccccc3[C@H]4N)c(CO)nc21.Cc1nn(C2CCCCO2)c2nc(N3CCC4(CC3)Cc3ccccc3[C@H]4NC(=O)OC(C)(C)C)c(CO)nc12.[H-].[K+]. The van der Waals surface area contributed by atoms with E-state index in [1.54, 1.807) is 0 Å². The number of alkyl carbamates (subject to hydrolysis) is 2. The normalized spacial score (nSPS) is 22.0. The molecule has 6 N–H and O–H groups in total. The molecule has 2 amide bonds. The molecule has 3 spiro atoms. The fourth-order valence-corrected chi connectivity index (χ4v) is 18.9. The summed E-state index contributed by atoms with van der Waals surface area (Å²) >= 11 is 2.18. The molecular formula is C82H105IKN17O10. The maximum atomic E-state index is 13.0. The molecule has 0 bridgehead atoms. The van der Waals surface area contributed by atoms with Gasteiger partial charge < -0.3 is 66.4 Å². The van der Waals surface area contributed by atoms with Gasteiger partial charge in [0, 0.05) is 76.3 Å². The number of benzene rings is 3. The number of aliphatic imine (C=N–C) groups is 1. The van der Waals surface area contributed by atoms with E-state index in [2.05, 4.69) is 119 Å². The van der Waals surface area contributed by atoms with Gasteiger partial charge in [-0.2, -0.15) is 10.2 Å². The number of carbonyl (C=O) groups excluding carboxylic acids is 3. The minimum atomic E-state index is -0.582. The molecule has 2 unspecified atom stereocenters. The number of aliphatic hydroxyl groups is 2. The van der Waals surface area contributed by atoms with E-state index in [1.807, 2.05) is 76.9 Å². The number of fused-ring (bicyclic) bond motifs is 6. The zero-order chi connectivity index (χ0) is 77.0. The number of nitrogens with one attached hydrogen (secondary N) is 2. The predicted molar refractivity (Wildman–Crippen MR) is 425 cm³/mol. The van der Waals surface area contributed by atoms with Crippen molar-refractivity contribution < 1.29 is 101 Å². The Morgan fingerprint density at radius 3 is 1.50 bits per heavy atom. The molecule has 3 aliphatic carbocycles. The molecule has 3 aromatic carbocycles. The molecule has 111 heavy (non-hydrogen) atoms. The average Bonchev–Trinajstić information content (AvgIpc) is 1.59. The van der Waals surface area contributed by atoms with Crippen LogP contribution < -0.4 is 82.5 Å². The summed E-state index contributed by atoms with van der Waals surface area (Å²) < 4.78 is 33.3. The molecule has 5 atom stereocenters. The molecular weight excluding hydrogens is 1550 g/mol. The number of aliphatic hydroxyl groups excluding tert-OH is 2. The Kier molecular flexibility index (Phi) is 24.1. The number of hydrogen-bond donors (Lipinski definition) is 5. The minimum Gasteiger partial charge on any atom is -1.00 e. The van der Waals surface area contributed by atoms with E-state index in [4.69, 9.17) is 64.5 Å². The predicted octanol–water partition coefficient (Wildman–Crippen LogP) is 9.59. The Bertz CT molecular complexity index is 4800. The molecule has 0 radical (unpaired) electrons. The summed E-state index contributed by atoms with van der Waals surface area (Å²) in [5, 5.41) is 36.1. The van der Waals surface area contributed by atoms with Gasteiger partial charge in [0.2, 0.25) is 0 Å². The van der Waals surface area contributed by atoms with Gasteiger partial charge in [-0.1, -0.05) is 72.8 Å². The molecule has 586 valence electrons. The Balaban J connectivity index is 0.000000149. The third-order valence-corrected chi connectivity index (χ3v) is 24.5. The number of carbonyl (C=O) groups is 3. The van der Waals surface area contributed by atoms with Crippen LogP contribution in [0.4, 0.5) is 27.0 Å². The summed E-state index contributed by atoms with van der Waals surface area (Å²) in [4.78, 5) is 78.3. The van der Waals surface area contributed by atoms with Crippen molar-refractivity contribution in [1.82, 2.24) is 60.1 Å². The molecule has 11 heterocycles. The number of aromatic nitrogens is 10. The second-order valence-corrected chi connectivity index (χ2v) is 34.4. The van der Waals surface area contributed by atoms with Gasteiger partial charge in [-0.25, -0.2) is 48.9 Å². The zero-order valence-corrected chi connectivity index (χ0v) is 71.1. The van der Waals surface area contributed by atoms with Crippen molar-refractivity contribution in [3.05, 3.63) is 144 Å². The maximum absolute atomic E-state index is 13.0. The van der Waals surface area contributed by atoms with Crippen LogP contribution in [0.1, 0.15) is 232 Å². The van der Waals surface area contributed by atoms with E-state index in [0.29, 0.717) is 77.3 Å². The molecule has 6 aliphatic heterocycles. The summed E-state index contributed by atoms with van der Waals surface area (Å²) in [6.45, 7) is 23.0. The first kappa shape index (κ1) is 80.7. The van der Waals surface area contributed by atoms with Crippen LogP contribution in [0.3, 0.4) is 0 Å². The second-order valence-electron chi connectivity index (χ2n) is 33.3. The van der Waals surface area contributed by atoms with E-state index >= 15 is 0 Å². The average molecular weight is 1650 g/mol. The Hall–Kier alpha value is -6.91. The largest absolute Gasteiger partial charge is 1.00 e. The third kappa shape index (κ3) is 16.7. The first-order chi connectivity index (χ1) is 52.8. The van der Waals surface area contributed by atoms with Gasteiger partial charge in [0.15, 0.2) is 44.9 Å². The summed E-state index contributed by atoms with van der Waals surface area (Å²) in [6.07, 6.45) is 13.2. The van der Waals surface area contributed by atoms with Crippen LogP contribution >= 0.6 is 22.6 Å². The Morgan fingerprint density at radius 1 is 0.586 bits per heavy atom. The quantitative estimate of drug-likeness (QED) is 0.0348. The van der Waals surface area contributed by atoms with Gasteiger partial charge >= 0.3 is 69.5 Å². The van der Waals surface area contributed by atoms with Crippen LogP contribution in [0.25, 0.3) is 22.3 Å². The Morgan fingerprint density at radius 2 is 1.02 bits per heavy atom. The van der Waals surface area contributed by atoms with Gasteiger partial charge in [0.25, 0.3) is 0 Å². The second kappa shape index (κ2) is 33.1. The van der Waals surface area contributed by atoms with Crippen molar-refractivity contribution in [2.24, 2.45) is 27.0 Å². The Labute approximate surface area is 706 Å². The van der Waals surface area contributed by atoms with Crippen molar-refractivity contribution in [2.75, 3.05) is 67.2 Å². The molecule has 5 fully saturated rings. The van der Waals surface area contributed by atoms with Crippen LogP contribution in [0, 0.1) is 26.9 Å². The number of anilines is 3. The van der Waals surface area contributed by atoms with Gasteiger partial charge in [-0.3, -0.25) is 9.79 Å². The molecule has 5 aromatic heterocycles. The molecule has 9 aliphatic rings. The molecule has 5 saturated heterocycles. The molecule has 29 heteroatoms. The van der Waals surface area contributed by atoms with E-state index in [1.165, 1.54) is 34.7 Å². The molecule has 27 nitrogen and oxygen atoms in total. The minimum absolute atomic E-state index is 0. The first-order valence-electron chi connectivity index (χ1n) is 39.2. The van der Waals surface area contributed by atoms with Gasteiger partial charge in [-0.05, 0) is 213 Å². The number of aryl methyl sites for hydroxylation is 1. The summed E-state index contributed by atoms with van der Waals surface area (Å²) in [7, 11) is 0. The number of halogens is 1. The van der Waals surface area contributed by atoms with Crippen LogP contribution in [0.5, 0.6) is 0 Å². The van der Waals surface area contributed by atoms with Crippen LogP contribution in [0.15, 0.2) is 77.8 Å². The number of nitrogens with two attached hydrogens (primary N) is 1. The number of ether oxygens (including phenoxy) is 5. The number of nitrogens with zero attached hydrogens (tertiary/aromatic N) is 14. The number of amides is 2. The summed E-state index contributed by atoms with van der Waals surface area (Å²) in [5.41, 5.74) is 21.0. The van der Waals surface area contributed by atoms with E-state index < -0.39 is 17.3 Å². The summed E-state index contributed by atoms with van der Waals surface area (Å²) in [5.74, 6) is 1.85. The van der Waals surface area contributed by atoms with Gasteiger partial charge in [-0.15, -0.1) is 0 Å². The number of rotatable bonds is 11. The fraction of sp³-hybridized carbons (Fsp3) is 0.561. The van der Waals surface area contributed by atoms with Crippen LogP contribution in [0.2, 0.25) is 0 Å². The van der Waals surface area contributed by atoms with E-state index in [0.717, 1.165) is 167 Å². The smallest absolute Gasteiger partial charge is 1.00 e. The summed E-state index contributed by atoms with van der Waals surface area (Å²) in [6, 6.07) is 25.2. The van der Waals surface area contributed by atoms with Gasteiger partial charge in [0.05, 0.1) is 48.9 Å². The fourth-order valence-electron chi connectivity index (χ4n) is 18.3.